The predicted molar refractivity (Wildman–Crippen MR) is 74.9 cm³/mol. The number of aromatic nitrogens is 1. The molecule has 0 saturated carbocycles. The Hall–Kier alpha value is -2.14. The fraction of sp³-hybridized carbons (Fsp3) is 0.143. The SMILES string of the molecule is CC(c1cccs1)n1c(=O)oc(=O)c2ccccc21. The van der Waals surface area contributed by atoms with Gasteiger partial charge in [-0.2, -0.15) is 0 Å². The Labute approximate surface area is 112 Å². The van der Waals surface area contributed by atoms with Crippen molar-refractivity contribution in [2.75, 3.05) is 0 Å². The minimum Gasteiger partial charge on any atom is -0.372 e. The highest BCUT2D eigenvalue weighted by molar-refractivity contribution is 7.10. The van der Waals surface area contributed by atoms with Crippen LogP contribution in [-0.2, 0) is 0 Å². The van der Waals surface area contributed by atoms with E-state index in [0.717, 1.165) is 4.88 Å². The van der Waals surface area contributed by atoms with Gasteiger partial charge in [0.25, 0.3) is 0 Å². The van der Waals surface area contributed by atoms with Gasteiger partial charge in [0.1, 0.15) is 0 Å². The molecule has 0 aliphatic heterocycles. The smallest absolute Gasteiger partial charge is 0.372 e. The summed E-state index contributed by atoms with van der Waals surface area (Å²) in [5, 5.41) is 2.38. The molecule has 0 aliphatic carbocycles. The van der Waals surface area contributed by atoms with Crippen LogP contribution in [0.2, 0.25) is 0 Å². The Balaban J connectivity index is 2.35. The van der Waals surface area contributed by atoms with Gasteiger partial charge in [-0.1, -0.05) is 18.2 Å². The van der Waals surface area contributed by atoms with E-state index in [1.54, 1.807) is 35.6 Å². The van der Waals surface area contributed by atoms with Gasteiger partial charge in [-0.25, -0.2) is 9.59 Å². The van der Waals surface area contributed by atoms with Gasteiger partial charge in [-0.05, 0) is 30.5 Å². The minimum absolute atomic E-state index is 0.165. The first-order valence-corrected chi connectivity index (χ1v) is 6.74. The number of rotatable bonds is 2. The van der Waals surface area contributed by atoms with E-state index < -0.39 is 11.4 Å². The number of para-hydroxylation sites is 1. The number of nitrogens with zero attached hydrogens (tertiary/aromatic N) is 1. The van der Waals surface area contributed by atoms with Gasteiger partial charge in [-0.3, -0.25) is 4.57 Å². The molecule has 0 aliphatic rings. The lowest BCUT2D eigenvalue weighted by Crippen LogP contribution is -2.27. The highest BCUT2D eigenvalue weighted by Gasteiger charge is 2.16. The molecule has 1 unspecified atom stereocenters. The van der Waals surface area contributed by atoms with Crippen molar-refractivity contribution in [2.24, 2.45) is 0 Å². The molecular formula is C14H11NO3S. The average molecular weight is 273 g/mol. The van der Waals surface area contributed by atoms with Gasteiger partial charge >= 0.3 is 11.4 Å². The van der Waals surface area contributed by atoms with E-state index >= 15 is 0 Å². The van der Waals surface area contributed by atoms with Crippen LogP contribution < -0.4 is 11.4 Å². The van der Waals surface area contributed by atoms with E-state index in [2.05, 4.69) is 0 Å². The molecule has 1 aromatic carbocycles. The van der Waals surface area contributed by atoms with Crippen LogP contribution in [0, 0.1) is 0 Å². The van der Waals surface area contributed by atoms with E-state index in [0.29, 0.717) is 10.9 Å². The second-order valence-electron chi connectivity index (χ2n) is 4.23. The summed E-state index contributed by atoms with van der Waals surface area (Å²) in [6.07, 6.45) is 0. The fourth-order valence-electron chi connectivity index (χ4n) is 2.16. The first-order valence-electron chi connectivity index (χ1n) is 5.86. The third kappa shape index (κ3) is 1.92. The van der Waals surface area contributed by atoms with E-state index in [-0.39, 0.29) is 6.04 Å². The zero-order valence-corrected chi connectivity index (χ0v) is 11.0. The molecule has 0 saturated heterocycles. The molecule has 0 radical (unpaired) electrons. The maximum atomic E-state index is 12.0. The summed E-state index contributed by atoms with van der Waals surface area (Å²) in [6, 6.07) is 10.7. The molecule has 3 aromatic rings. The third-order valence-electron chi connectivity index (χ3n) is 3.10. The van der Waals surface area contributed by atoms with Gasteiger partial charge in [0.05, 0.1) is 16.9 Å². The zero-order chi connectivity index (χ0) is 13.4. The van der Waals surface area contributed by atoms with E-state index in [9.17, 15) is 9.59 Å². The highest BCUT2D eigenvalue weighted by Crippen LogP contribution is 2.23. The highest BCUT2D eigenvalue weighted by atomic mass is 32.1. The maximum Gasteiger partial charge on any atom is 0.422 e. The molecule has 2 heterocycles. The molecule has 0 fully saturated rings. The Morgan fingerprint density at radius 3 is 2.68 bits per heavy atom. The van der Waals surface area contributed by atoms with Crippen molar-refractivity contribution in [3.8, 4) is 0 Å². The van der Waals surface area contributed by atoms with Crippen molar-refractivity contribution >= 4 is 22.2 Å². The van der Waals surface area contributed by atoms with Gasteiger partial charge in [0, 0.05) is 4.88 Å². The van der Waals surface area contributed by atoms with Crippen molar-refractivity contribution in [1.82, 2.24) is 4.57 Å². The van der Waals surface area contributed by atoms with Crippen LogP contribution in [0.25, 0.3) is 10.9 Å². The molecular weight excluding hydrogens is 262 g/mol. The lowest BCUT2D eigenvalue weighted by molar-refractivity contribution is 0.407. The van der Waals surface area contributed by atoms with Crippen molar-refractivity contribution < 1.29 is 4.42 Å². The van der Waals surface area contributed by atoms with Gasteiger partial charge < -0.3 is 4.42 Å². The number of thiophene rings is 1. The summed E-state index contributed by atoms with van der Waals surface area (Å²) in [6.45, 7) is 1.92. The minimum atomic E-state index is -0.621. The second kappa shape index (κ2) is 4.51. The molecule has 1 atom stereocenters. The molecule has 4 nitrogen and oxygen atoms in total. The van der Waals surface area contributed by atoms with Crippen LogP contribution in [0.3, 0.4) is 0 Å². The Morgan fingerprint density at radius 2 is 1.95 bits per heavy atom. The molecule has 96 valence electrons. The monoisotopic (exact) mass is 273 g/mol. The largest absolute Gasteiger partial charge is 0.422 e. The molecule has 0 bridgehead atoms. The normalized spacial score (nSPS) is 12.7. The van der Waals surface area contributed by atoms with E-state index in [4.69, 9.17) is 4.42 Å². The lowest BCUT2D eigenvalue weighted by Gasteiger charge is -2.14. The predicted octanol–water partition coefficient (Wildman–Crippen LogP) is 2.63. The van der Waals surface area contributed by atoms with Gasteiger partial charge in [-0.15, -0.1) is 11.3 Å². The van der Waals surface area contributed by atoms with Crippen molar-refractivity contribution in [3.63, 3.8) is 0 Å². The molecule has 19 heavy (non-hydrogen) atoms. The van der Waals surface area contributed by atoms with Crippen LogP contribution in [-0.4, -0.2) is 4.57 Å². The van der Waals surface area contributed by atoms with Crippen LogP contribution in [0.5, 0.6) is 0 Å². The number of hydrogen-bond acceptors (Lipinski definition) is 4. The average Bonchev–Trinajstić information content (AvgIpc) is 2.92. The van der Waals surface area contributed by atoms with Gasteiger partial charge in [0.15, 0.2) is 0 Å². The van der Waals surface area contributed by atoms with Crippen LogP contribution in [0.4, 0.5) is 0 Å². The summed E-state index contributed by atoms with van der Waals surface area (Å²) in [5.41, 5.74) is 0.0138. The fourth-order valence-corrected chi connectivity index (χ4v) is 2.93. The zero-order valence-electron chi connectivity index (χ0n) is 10.2. The van der Waals surface area contributed by atoms with Crippen LogP contribution in [0.1, 0.15) is 17.8 Å². The molecule has 2 aromatic heterocycles. The van der Waals surface area contributed by atoms with E-state index in [1.165, 1.54) is 4.57 Å². The van der Waals surface area contributed by atoms with Crippen molar-refractivity contribution in [1.29, 1.82) is 0 Å². The summed E-state index contributed by atoms with van der Waals surface area (Å²) in [4.78, 5) is 24.7. The second-order valence-corrected chi connectivity index (χ2v) is 5.21. The standard InChI is InChI=1S/C14H11NO3S/c1-9(12-7-4-8-19-12)15-11-6-3-2-5-10(11)13(16)18-14(15)17/h2-9H,1H3. The summed E-state index contributed by atoms with van der Waals surface area (Å²) >= 11 is 1.57. The van der Waals surface area contributed by atoms with Gasteiger partial charge in [0.2, 0.25) is 0 Å². The number of benzene rings is 1. The molecule has 0 amide bonds. The van der Waals surface area contributed by atoms with Crippen molar-refractivity contribution in [3.05, 3.63) is 67.6 Å². The Kier molecular flexibility index (Phi) is 2.83. The summed E-state index contributed by atoms with van der Waals surface area (Å²) in [5.74, 6) is -0.621. The maximum absolute atomic E-state index is 12.0. The van der Waals surface area contributed by atoms with E-state index in [1.807, 2.05) is 24.4 Å². The first-order chi connectivity index (χ1) is 9.18. The topological polar surface area (TPSA) is 52.2 Å². The third-order valence-corrected chi connectivity index (χ3v) is 4.15. The van der Waals surface area contributed by atoms with Crippen LogP contribution >= 0.6 is 11.3 Å². The number of hydrogen-bond donors (Lipinski definition) is 0. The van der Waals surface area contributed by atoms with Crippen LogP contribution in [0.15, 0.2) is 55.8 Å². The summed E-state index contributed by atoms with van der Waals surface area (Å²) < 4.78 is 6.31. The molecule has 5 heteroatoms. The quantitative estimate of drug-likeness (QED) is 0.721. The molecule has 0 N–H and O–H groups in total. The van der Waals surface area contributed by atoms with Crippen molar-refractivity contribution in [2.45, 2.75) is 13.0 Å². The Bertz CT molecular complexity index is 830. The Morgan fingerprint density at radius 1 is 1.16 bits per heavy atom. The first kappa shape index (κ1) is 11.9. The summed E-state index contributed by atoms with van der Waals surface area (Å²) in [7, 11) is 0. The lowest BCUT2D eigenvalue weighted by atomic mass is 10.2. The molecule has 0 spiro atoms. The molecule has 3 rings (SSSR count). The number of fused-ring (bicyclic) bond motifs is 1.